The summed E-state index contributed by atoms with van der Waals surface area (Å²) in [5.74, 6) is 0. The molecule has 1 heterocycles. The standard InChI is InChI=1S/C36H22S/c1-2-11-24(12-3-1)34-28-14-6-8-16-30(28)35(31-17-9-7-15-29(31)34)25-19-20-27-32-21-18-23-10-4-5-13-26(23)36(32)37-33(27)22-25/h1-22H. The van der Waals surface area contributed by atoms with Gasteiger partial charge in [0.2, 0.25) is 0 Å². The largest absolute Gasteiger partial charge is 0.135 e. The Morgan fingerprint density at radius 1 is 0.351 bits per heavy atom. The van der Waals surface area contributed by atoms with Gasteiger partial charge in [-0.05, 0) is 60.6 Å². The second-order valence-corrected chi connectivity index (χ2v) is 10.7. The molecule has 0 nitrogen and oxygen atoms in total. The molecule has 172 valence electrons. The van der Waals surface area contributed by atoms with Gasteiger partial charge in [-0.15, -0.1) is 11.3 Å². The lowest BCUT2D eigenvalue weighted by molar-refractivity contribution is 1.66. The zero-order chi connectivity index (χ0) is 24.3. The molecule has 0 spiro atoms. The van der Waals surface area contributed by atoms with Gasteiger partial charge in [-0.25, -0.2) is 0 Å². The Hall–Kier alpha value is -4.46. The van der Waals surface area contributed by atoms with Gasteiger partial charge in [0.25, 0.3) is 0 Å². The average Bonchev–Trinajstić information content (AvgIpc) is 3.34. The minimum atomic E-state index is 1.26. The van der Waals surface area contributed by atoms with Crippen LogP contribution < -0.4 is 0 Å². The summed E-state index contributed by atoms with van der Waals surface area (Å²) in [5.41, 5.74) is 5.16. The molecule has 0 fully saturated rings. The highest BCUT2D eigenvalue weighted by molar-refractivity contribution is 7.26. The van der Waals surface area contributed by atoms with Crippen molar-refractivity contribution in [1.29, 1.82) is 0 Å². The molecule has 0 saturated carbocycles. The van der Waals surface area contributed by atoms with Crippen molar-refractivity contribution < 1.29 is 0 Å². The smallest absolute Gasteiger partial charge is 0.0433 e. The van der Waals surface area contributed by atoms with Gasteiger partial charge in [0.15, 0.2) is 0 Å². The van der Waals surface area contributed by atoms with Crippen LogP contribution >= 0.6 is 11.3 Å². The van der Waals surface area contributed by atoms with E-state index in [2.05, 4.69) is 133 Å². The van der Waals surface area contributed by atoms with Gasteiger partial charge in [-0.3, -0.25) is 0 Å². The Balaban J connectivity index is 1.47. The van der Waals surface area contributed by atoms with Crippen molar-refractivity contribution >= 4 is 63.8 Å². The minimum Gasteiger partial charge on any atom is -0.135 e. The van der Waals surface area contributed by atoms with Crippen LogP contribution in [0.1, 0.15) is 0 Å². The van der Waals surface area contributed by atoms with Gasteiger partial charge in [0.05, 0.1) is 0 Å². The van der Waals surface area contributed by atoms with Crippen LogP contribution in [0.2, 0.25) is 0 Å². The van der Waals surface area contributed by atoms with Crippen LogP contribution in [0.5, 0.6) is 0 Å². The minimum absolute atomic E-state index is 1.26. The molecule has 1 aromatic heterocycles. The van der Waals surface area contributed by atoms with Crippen molar-refractivity contribution in [2.45, 2.75) is 0 Å². The second kappa shape index (κ2) is 8.03. The first kappa shape index (κ1) is 20.7. The molecule has 8 aromatic rings. The predicted molar refractivity (Wildman–Crippen MR) is 163 cm³/mol. The van der Waals surface area contributed by atoms with E-state index in [0.29, 0.717) is 0 Å². The fourth-order valence-electron chi connectivity index (χ4n) is 6.02. The molecule has 0 aliphatic heterocycles. The summed E-state index contributed by atoms with van der Waals surface area (Å²) in [4.78, 5) is 0. The molecule has 0 aliphatic rings. The van der Waals surface area contributed by atoms with E-state index in [0.717, 1.165) is 0 Å². The molecule has 8 rings (SSSR count). The van der Waals surface area contributed by atoms with Crippen LogP contribution in [0.15, 0.2) is 133 Å². The first-order chi connectivity index (χ1) is 18.4. The molecule has 0 aliphatic carbocycles. The lowest BCUT2D eigenvalue weighted by Gasteiger charge is -2.17. The van der Waals surface area contributed by atoms with Gasteiger partial charge in [0, 0.05) is 20.2 Å². The zero-order valence-corrected chi connectivity index (χ0v) is 20.9. The van der Waals surface area contributed by atoms with Crippen molar-refractivity contribution in [3.63, 3.8) is 0 Å². The normalized spacial score (nSPS) is 11.8. The molecule has 7 aromatic carbocycles. The molecule has 0 unspecified atom stereocenters. The summed E-state index contributed by atoms with van der Waals surface area (Å²) >= 11 is 1.91. The van der Waals surface area contributed by atoms with E-state index in [1.165, 1.54) is 74.7 Å². The molecular formula is C36H22S. The summed E-state index contributed by atoms with van der Waals surface area (Å²) in [6.45, 7) is 0. The molecule has 0 radical (unpaired) electrons. The Labute approximate surface area is 219 Å². The highest BCUT2D eigenvalue weighted by Gasteiger charge is 2.17. The highest BCUT2D eigenvalue weighted by Crippen LogP contribution is 2.45. The predicted octanol–water partition coefficient (Wildman–Crippen LogP) is 10.8. The van der Waals surface area contributed by atoms with Crippen LogP contribution in [0, 0.1) is 0 Å². The monoisotopic (exact) mass is 486 g/mol. The third-order valence-electron chi connectivity index (χ3n) is 7.65. The van der Waals surface area contributed by atoms with E-state index in [4.69, 9.17) is 0 Å². The lowest BCUT2D eigenvalue weighted by Crippen LogP contribution is -1.90. The SMILES string of the molecule is c1ccc(-c2c3ccccc3c(-c3ccc4c(c3)sc3c5ccccc5ccc43)c3ccccc23)cc1. The Morgan fingerprint density at radius 3 is 1.57 bits per heavy atom. The fraction of sp³-hybridized carbons (Fsp3) is 0. The third kappa shape index (κ3) is 3.08. The molecular weight excluding hydrogens is 464 g/mol. The first-order valence-electron chi connectivity index (χ1n) is 12.7. The van der Waals surface area contributed by atoms with Gasteiger partial charge in [0.1, 0.15) is 0 Å². The topological polar surface area (TPSA) is 0 Å². The number of hydrogen-bond acceptors (Lipinski definition) is 1. The van der Waals surface area contributed by atoms with Gasteiger partial charge in [-0.1, -0.05) is 127 Å². The van der Waals surface area contributed by atoms with E-state index < -0.39 is 0 Å². The summed E-state index contributed by atoms with van der Waals surface area (Å²) in [6.07, 6.45) is 0. The Kier molecular flexibility index (Phi) is 4.49. The van der Waals surface area contributed by atoms with Crippen LogP contribution in [-0.2, 0) is 0 Å². The van der Waals surface area contributed by atoms with E-state index >= 15 is 0 Å². The maximum absolute atomic E-state index is 2.41. The van der Waals surface area contributed by atoms with Crippen LogP contribution in [0.4, 0.5) is 0 Å². The van der Waals surface area contributed by atoms with Crippen molar-refractivity contribution in [2.24, 2.45) is 0 Å². The maximum Gasteiger partial charge on any atom is 0.0433 e. The van der Waals surface area contributed by atoms with Crippen LogP contribution in [-0.4, -0.2) is 0 Å². The maximum atomic E-state index is 2.41. The number of thiophene rings is 1. The van der Waals surface area contributed by atoms with Crippen molar-refractivity contribution in [3.05, 3.63) is 133 Å². The lowest BCUT2D eigenvalue weighted by atomic mass is 9.86. The highest BCUT2D eigenvalue weighted by atomic mass is 32.1. The summed E-state index contributed by atoms with van der Waals surface area (Å²) in [5, 5.41) is 10.5. The van der Waals surface area contributed by atoms with E-state index in [1.54, 1.807) is 0 Å². The molecule has 0 bridgehead atoms. The molecule has 0 atom stereocenters. The van der Waals surface area contributed by atoms with Crippen LogP contribution in [0.25, 0.3) is 74.7 Å². The fourth-order valence-corrected chi connectivity index (χ4v) is 7.29. The van der Waals surface area contributed by atoms with Gasteiger partial charge >= 0.3 is 0 Å². The molecule has 1 heteroatoms. The number of benzene rings is 7. The first-order valence-corrected chi connectivity index (χ1v) is 13.5. The number of fused-ring (bicyclic) bond motifs is 7. The second-order valence-electron chi connectivity index (χ2n) is 9.68. The summed E-state index contributed by atoms with van der Waals surface area (Å²) in [7, 11) is 0. The van der Waals surface area contributed by atoms with E-state index in [1.807, 2.05) is 11.3 Å². The Bertz CT molecular complexity index is 2070. The number of rotatable bonds is 2. The van der Waals surface area contributed by atoms with E-state index in [9.17, 15) is 0 Å². The molecule has 37 heavy (non-hydrogen) atoms. The van der Waals surface area contributed by atoms with E-state index in [-0.39, 0.29) is 0 Å². The molecule has 0 saturated heterocycles. The quantitative estimate of drug-likeness (QED) is 0.213. The molecule has 0 N–H and O–H groups in total. The average molecular weight is 487 g/mol. The third-order valence-corrected chi connectivity index (χ3v) is 8.85. The van der Waals surface area contributed by atoms with Crippen LogP contribution in [0.3, 0.4) is 0 Å². The van der Waals surface area contributed by atoms with Crippen molar-refractivity contribution in [1.82, 2.24) is 0 Å². The van der Waals surface area contributed by atoms with Gasteiger partial charge < -0.3 is 0 Å². The summed E-state index contributed by atoms with van der Waals surface area (Å²) in [6, 6.07) is 48.9. The summed E-state index contributed by atoms with van der Waals surface area (Å²) < 4.78 is 2.71. The van der Waals surface area contributed by atoms with Crippen molar-refractivity contribution in [3.8, 4) is 22.3 Å². The zero-order valence-electron chi connectivity index (χ0n) is 20.1. The van der Waals surface area contributed by atoms with Gasteiger partial charge in [-0.2, -0.15) is 0 Å². The van der Waals surface area contributed by atoms with Crippen molar-refractivity contribution in [2.75, 3.05) is 0 Å². The Morgan fingerprint density at radius 2 is 0.892 bits per heavy atom. The molecule has 0 amide bonds. The number of hydrogen-bond donors (Lipinski definition) is 0.